The molecule has 0 radical (unpaired) electrons. The van der Waals surface area contributed by atoms with E-state index in [1.54, 1.807) is 0 Å². The summed E-state index contributed by atoms with van der Waals surface area (Å²) in [7, 11) is 0. The normalized spacial score (nSPS) is 11.6. The molecule has 0 saturated heterocycles. The standard InChI is InChI=1S/C48H32N2/c1-3-15-33(16-4-1)38-22-13-25-43-41-21-9-12-28-46(41)50(48(38)43)44-26-10-7-19-37(44)34-29-31-35(32-30-34)39-23-14-24-42-40-20-8-11-27-45(40)49(47(39)42)36-17-5-2-6-18-36/h1-32H. The van der Waals surface area contributed by atoms with Crippen LogP contribution in [0.25, 0.3) is 88.4 Å². The number of aromatic nitrogens is 2. The molecule has 0 spiro atoms. The number of benzene rings is 8. The largest absolute Gasteiger partial charge is 0.309 e. The van der Waals surface area contributed by atoms with E-state index in [0.29, 0.717) is 0 Å². The topological polar surface area (TPSA) is 9.86 Å². The van der Waals surface area contributed by atoms with Gasteiger partial charge in [0.1, 0.15) is 0 Å². The summed E-state index contributed by atoms with van der Waals surface area (Å²) < 4.78 is 4.88. The molecule has 0 atom stereocenters. The van der Waals surface area contributed by atoms with Gasteiger partial charge in [-0.1, -0.05) is 164 Å². The fourth-order valence-corrected chi connectivity index (χ4v) is 7.96. The van der Waals surface area contributed by atoms with Crippen molar-refractivity contribution in [1.82, 2.24) is 9.13 Å². The van der Waals surface area contributed by atoms with Gasteiger partial charge in [0.25, 0.3) is 0 Å². The van der Waals surface area contributed by atoms with Gasteiger partial charge in [-0.05, 0) is 47.0 Å². The average Bonchev–Trinajstić information content (AvgIpc) is 3.72. The Balaban J connectivity index is 1.16. The van der Waals surface area contributed by atoms with E-state index in [2.05, 4.69) is 203 Å². The smallest absolute Gasteiger partial charge is 0.0619 e. The van der Waals surface area contributed by atoms with Crippen molar-refractivity contribution in [3.05, 3.63) is 194 Å². The van der Waals surface area contributed by atoms with E-state index in [0.717, 1.165) is 5.69 Å². The van der Waals surface area contributed by atoms with Crippen LogP contribution in [0.15, 0.2) is 194 Å². The summed E-state index contributed by atoms with van der Waals surface area (Å²) in [5.41, 5.74) is 14.4. The Morgan fingerprint density at radius 1 is 0.260 bits per heavy atom. The Morgan fingerprint density at radius 3 is 1.32 bits per heavy atom. The molecule has 2 nitrogen and oxygen atoms in total. The average molecular weight is 637 g/mol. The predicted molar refractivity (Wildman–Crippen MR) is 211 cm³/mol. The van der Waals surface area contributed by atoms with Crippen molar-refractivity contribution in [2.24, 2.45) is 0 Å². The third kappa shape index (κ3) is 4.36. The first-order valence-corrected chi connectivity index (χ1v) is 17.2. The van der Waals surface area contributed by atoms with Crippen LogP contribution in [-0.4, -0.2) is 9.13 Å². The Kier molecular flexibility index (Phi) is 6.53. The van der Waals surface area contributed by atoms with Gasteiger partial charge < -0.3 is 9.13 Å². The van der Waals surface area contributed by atoms with Crippen LogP contribution in [0.1, 0.15) is 0 Å². The predicted octanol–water partition coefficient (Wildman–Crippen LogP) is 12.9. The third-order valence-electron chi connectivity index (χ3n) is 10.1. The molecule has 0 bridgehead atoms. The molecule has 10 rings (SSSR count). The molecule has 0 fully saturated rings. The quantitative estimate of drug-likeness (QED) is 0.178. The Bertz CT molecular complexity index is 2840. The molecular weight excluding hydrogens is 605 g/mol. The van der Waals surface area contributed by atoms with Crippen molar-refractivity contribution >= 4 is 43.6 Å². The van der Waals surface area contributed by atoms with E-state index in [-0.39, 0.29) is 0 Å². The highest BCUT2D eigenvalue weighted by molar-refractivity contribution is 6.15. The molecule has 50 heavy (non-hydrogen) atoms. The minimum absolute atomic E-state index is 1.16. The number of rotatable bonds is 5. The molecule has 10 aromatic rings. The first-order valence-electron chi connectivity index (χ1n) is 17.2. The molecule has 0 aliphatic heterocycles. The van der Waals surface area contributed by atoms with Crippen LogP contribution in [-0.2, 0) is 0 Å². The fourth-order valence-electron chi connectivity index (χ4n) is 7.96. The van der Waals surface area contributed by atoms with Gasteiger partial charge in [-0.3, -0.25) is 0 Å². The molecule has 8 aromatic carbocycles. The second-order valence-electron chi connectivity index (χ2n) is 12.9. The summed E-state index contributed by atoms with van der Waals surface area (Å²) in [6.45, 7) is 0. The number of hydrogen-bond donors (Lipinski definition) is 0. The van der Waals surface area contributed by atoms with Crippen molar-refractivity contribution in [3.63, 3.8) is 0 Å². The fraction of sp³-hybridized carbons (Fsp3) is 0. The van der Waals surface area contributed by atoms with E-state index in [4.69, 9.17) is 0 Å². The van der Waals surface area contributed by atoms with Gasteiger partial charge in [-0.25, -0.2) is 0 Å². The van der Waals surface area contributed by atoms with Crippen LogP contribution in [0.3, 0.4) is 0 Å². The molecule has 0 unspecified atom stereocenters. The first-order chi connectivity index (χ1) is 24.8. The minimum atomic E-state index is 1.16. The molecular formula is C48H32N2. The summed E-state index contributed by atoms with van der Waals surface area (Å²) in [5, 5.41) is 5.04. The molecule has 0 aliphatic rings. The maximum atomic E-state index is 2.47. The van der Waals surface area contributed by atoms with Crippen molar-refractivity contribution < 1.29 is 0 Å². The molecule has 0 amide bonds. The second kappa shape index (κ2) is 11.5. The van der Waals surface area contributed by atoms with Gasteiger partial charge in [0.2, 0.25) is 0 Å². The van der Waals surface area contributed by atoms with Gasteiger partial charge in [-0.15, -0.1) is 0 Å². The summed E-state index contributed by atoms with van der Waals surface area (Å²) in [5.74, 6) is 0. The van der Waals surface area contributed by atoms with E-state index < -0.39 is 0 Å². The lowest BCUT2D eigenvalue weighted by Crippen LogP contribution is -1.98. The maximum absolute atomic E-state index is 2.47. The lowest BCUT2D eigenvalue weighted by atomic mass is 9.97. The number of hydrogen-bond acceptors (Lipinski definition) is 0. The number of nitrogens with zero attached hydrogens (tertiary/aromatic N) is 2. The first kappa shape index (κ1) is 28.4. The van der Waals surface area contributed by atoms with Crippen LogP contribution in [0, 0.1) is 0 Å². The van der Waals surface area contributed by atoms with Crippen molar-refractivity contribution in [2.75, 3.05) is 0 Å². The maximum Gasteiger partial charge on any atom is 0.0619 e. The van der Waals surface area contributed by atoms with Crippen LogP contribution < -0.4 is 0 Å². The summed E-state index contributed by atoms with van der Waals surface area (Å²) in [4.78, 5) is 0. The number of para-hydroxylation sites is 6. The third-order valence-corrected chi connectivity index (χ3v) is 10.1. The zero-order valence-corrected chi connectivity index (χ0v) is 27.4. The van der Waals surface area contributed by atoms with Crippen molar-refractivity contribution in [2.45, 2.75) is 0 Å². The van der Waals surface area contributed by atoms with Crippen LogP contribution in [0.2, 0.25) is 0 Å². The van der Waals surface area contributed by atoms with Crippen LogP contribution in [0.4, 0.5) is 0 Å². The van der Waals surface area contributed by atoms with Gasteiger partial charge in [-0.2, -0.15) is 0 Å². The summed E-state index contributed by atoms with van der Waals surface area (Å²) in [6.07, 6.45) is 0. The molecule has 234 valence electrons. The van der Waals surface area contributed by atoms with Crippen LogP contribution >= 0.6 is 0 Å². The lowest BCUT2D eigenvalue weighted by molar-refractivity contribution is 1.18. The van der Waals surface area contributed by atoms with Crippen molar-refractivity contribution in [1.29, 1.82) is 0 Å². The molecule has 0 aliphatic carbocycles. The zero-order valence-electron chi connectivity index (χ0n) is 27.4. The molecule has 0 saturated carbocycles. The Morgan fingerprint density at radius 2 is 0.680 bits per heavy atom. The second-order valence-corrected chi connectivity index (χ2v) is 12.9. The van der Waals surface area contributed by atoms with E-state index in [1.165, 1.54) is 82.7 Å². The summed E-state index contributed by atoms with van der Waals surface area (Å²) >= 11 is 0. The number of fused-ring (bicyclic) bond motifs is 6. The van der Waals surface area contributed by atoms with Gasteiger partial charge >= 0.3 is 0 Å². The van der Waals surface area contributed by atoms with Gasteiger partial charge in [0.05, 0.1) is 27.8 Å². The highest BCUT2D eigenvalue weighted by Crippen LogP contribution is 2.42. The molecule has 2 heteroatoms. The highest BCUT2D eigenvalue weighted by atomic mass is 15.0. The SMILES string of the molecule is c1ccc(-c2cccc3c4ccccc4n(-c4ccccc4-c4ccc(-c5cccc6c7ccccc7n(-c7ccccc7)c56)cc4)c23)cc1. The van der Waals surface area contributed by atoms with Gasteiger partial charge in [0, 0.05) is 43.9 Å². The molecule has 0 N–H and O–H groups in total. The van der Waals surface area contributed by atoms with Gasteiger partial charge in [0.15, 0.2) is 0 Å². The van der Waals surface area contributed by atoms with Crippen molar-refractivity contribution in [3.8, 4) is 44.8 Å². The van der Waals surface area contributed by atoms with E-state index >= 15 is 0 Å². The van der Waals surface area contributed by atoms with E-state index in [9.17, 15) is 0 Å². The van der Waals surface area contributed by atoms with Crippen LogP contribution in [0.5, 0.6) is 0 Å². The lowest BCUT2D eigenvalue weighted by Gasteiger charge is -2.16. The zero-order chi connectivity index (χ0) is 33.0. The monoisotopic (exact) mass is 636 g/mol. The summed E-state index contributed by atoms with van der Waals surface area (Å²) in [6, 6.07) is 70.3. The van der Waals surface area contributed by atoms with E-state index in [1.807, 2.05) is 0 Å². The minimum Gasteiger partial charge on any atom is -0.309 e. The highest BCUT2D eigenvalue weighted by Gasteiger charge is 2.19. The Labute approximate surface area is 290 Å². The molecule has 2 aromatic heterocycles. The Hall–Kier alpha value is -6.64. The molecule has 2 heterocycles.